The van der Waals surface area contributed by atoms with Crippen molar-refractivity contribution in [3.8, 4) is 11.4 Å². The first-order valence-electron chi connectivity index (χ1n) is 9.52. The van der Waals surface area contributed by atoms with Crippen molar-refractivity contribution in [2.24, 2.45) is 0 Å². The van der Waals surface area contributed by atoms with E-state index in [0.29, 0.717) is 22.4 Å². The van der Waals surface area contributed by atoms with Crippen LogP contribution in [0.25, 0.3) is 11.8 Å². The topological polar surface area (TPSA) is 72.4 Å². The minimum atomic E-state index is -0.513. The highest BCUT2D eigenvalue weighted by molar-refractivity contribution is 6.35. The van der Waals surface area contributed by atoms with E-state index < -0.39 is 11.9 Å². The number of hydrogen-bond donors (Lipinski definition) is 2. The highest BCUT2D eigenvalue weighted by Gasteiger charge is 2.23. The number of rotatable bonds is 5. The van der Waals surface area contributed by atoms with Gasteiger partial charge in [-0.2, -0.15) is 0 Å². The van der Waals surface area contributed by atoms with Crippen molar-refractivity contribution in [1.82, 2.24) is 15.2 Å². The molecule has 1 fully saturated rings. The van der Waals surface area contributed by atoms with E-state index in [1.54, 1.807) is 18.2 Å². The number of benzene rings is 2. The SMILES string of the molecule is Cc1cc(C=C2NC(=O)NC2=O)c(C)n1-c1ccc(OCc2ccc(Cl)cc2Cl)cc1. The maximum absolute atomic E-state index is 11.8. The van der Waals surface area contributed by atoms with E-state index in [1.165, 1.54) is 0 Å². The van der Waals surface area contributed by atoms with E-state index in [2.05, 4.69) is 15.2 Å². The van der Waals surface area contributed by atoms with Gasteiger partial charge in [-0.3, -0.25) is 10.1 Å². The van der Waals surface area contributed by atoms with Crippen LogP contribution in [0.1, 0.15) is 22.5 Å². The van der Waals surface area contributed by atoms with Gasteiger partial charge in [-0.05, 0) is 68.0 Å². The molecule has 0 bridgehead atoms. The molecule has 0 radical (unpaired) electrons. The smallest absolute Gasteiger partial charge is 0.326 e. The number of nitrogens with zero attached hydrogens (tertiary/aromatic N) is 1. The number of imide groups is 1. The zero-order valence-corrected chi connectivity index (χ0v) is 18.3. The lowest BCUT2D eigenvalue weighted by molar-refractivity contribution is -0.115. The van der Waals surface area contributed by atoms with Gasteiger partial charge < -0.3 is 14.6 Å². The number of amides is 3. The van der Waals surface area contributed by atoms with E-state index in [4.69, 9.17) is 27.9 Å². The van der Waals surface area contributed by atoms with Crippen molar-refractivity contribution < 1.29 is 14.3 Å². The van der Waals surface area contributed by atoms with Crippen LogP contribution in [-0.2, 0) is 11.4 Å². The molecule has 4 rings (SSSR count). The van der Waals surface area contributed by atoms with Crippen LogP contribution in [0, 0.1) is 13.8 Å². The molecule has 1 aliphatic rings. The van der Waals surface area contributed by atoms with Crippen LogP contribution in [0.5, 0.6) is 5.75 Å². The monoisotopic (exact) mass is 455 g/mol. The number of halogens is 2. The molecule has 8 heteroatoms. The summed E-state index contributed by atoms with van der Waals surface area (Å²) in [6.07, 6.45) is 1.67. The summed E-state index contributed by atoms with van der Waals surface area (Å²) in [6.45, 7) is 4.28. The molecule has 2 N–H and O–H groups in total. The lowest BCUT2D eigenvalue weighted by Crippen LogP contribution is -2.22. The summed E-state index contributed by atoms with van der Waals surface area (Å²) >= 11 is 12.1. The van der Waals surface area contributed by atoms with Crippen molar-refractivity contribution in [3.63, 3.8) is 0 Å². The standard InChI is InChI=1S/C23H19Cl2N3O3/c1-13-9-16(10-21-22(29)27-23(30)26-21)14(2)28(13)18-5-7-19(8-6-18)31-12-15-3-4-17(24)11-20(15)25/h3-11H,12H2,1-2H3,(H2,26,27,29,30). The van der Waals surface area contributed by atoms with Gasteiger partial charge in [-0.25, -0.2) is 4.79 Å². The third-order valence-electron chi connectivity index (χ3n) is 4.99. The fraction of sp³-hybridized carbons (Fsp3) is 0.130. The summed E-state index contributed by atoms with van der Waals surface area (Å²) < 4.78 is 7.92. The lowest BCUT2D eigenvalue weighted by Gasteiger charge is -2.12. The number of urea groups is 1. The van der Waals surface area contributed by atoms with Gasteiger partial charge in [-0.1, -0.05) is 29.3 Å². The van der Waals surface area contributed by atoms with E-state index in [9.17, 15) is 9.59 Å². The molecule has 0 aliphatic carbocycles. The number of aromatic nitrogens is 1. The number of carbonyl (C=O) groups excluding carboxylic acids is 2. The number of ether oxygens (including phenoxy) is 1. The Morgan fingerprint density at radius 1 is 1.00 bits per heavy atom. The molecule has 31 heavy (non-hydrogen) atoms. The van der Waals surface area contributed by atoms with Gasteiger partial charge in [0.25, 0.3) is 5.91 Å². The largest absolute Gasteiger partial charge is 0.489 e. The van der Waals surface area contributed by atoms with Gasteiger partial charge in [0.05, 0.1) is 0 Å². The molecule has 3 amide bonds. The zero-order chi connectivity index (χ0) is 22.1. The third kappa shape index (κ3) is 4.45. The van der Waals surface area contributed by atoms with Crippen LogP contribution in [0.15, 0.2) is 54.2 Å². The lowest BCUT2D eigenvalue weighted by atomic mass is 10.2. The van der Waals surface area contributed by atoms with Crippen molar-refractivity contribution in [2.75, 3.05) is 0 Å². The van der Waals surface area contributed by atoms with Crippen LogP contribution in [0.4, 0.5) is 4.79 Å². The molecule has 1 aromatic heterocycles. The number of carbonyl (C=O) groups is 2. The molecule has 0 spiro atoms. The second-order valence-electron chi connectivity index (χ2n) is 7.15. The number of hydrogen-bond acceptors (Lipinski definition) is 3. The van der Waals surface area contributed by atoms with Gasteiger partial charge >= 0.3 is 6.03 Å². The second kappa shape index (κ2) is 8.49. The predicted octanol–water partition coefficient (Wildman–Crippen LogP) is 5.16. The Balaban J connectivity index is 1.53. The van der Waals surface area contributed by atoms with Gasteiger partial charge in [-0.15, -0.1) is 0 Å². The van der Waals surface area contributed by atoms with E-state index in [-0.39, 0.29) is 5.70 Å². The third-order valence-corrected chi connectivity index (χ3v) is 5.58. The van der Waals surface area contributed by atoms with E-state index in [1.807, 2.05) is 50.2 Å². The zero-order valence-electron chi connectivity index (χ0n) is 16.8. The molecule has 2 aromatic carbocycles. The summed E-state index contributed by atoms with van der Waals surface area (Å²) in [7, 11) is 0. The molecule has 0 atom stereocenters. The van der Waals surface area contributed by atoms with Crippen LogP contribution in [0.2, 0.25) is 10.0 Å². The van der Waals surface area contributed by atoms with Crippen molar-refractivity contribution in [3.05, 3.63) is 86.8 Å². The van der Waals surface area contributed by atoms with Crippen LogP contribution in [-0.4, -0.2) is 16.5 Å². The van der Waals surface area contributed by atoms with Crippen LogP contribution < -0.4 is 15.4 Å². The molecule has 2 heterocycles. The molecular weight excluding hydrogens is 437 g/mol. The molecule has 0 saturated carbocycles. The van der Waals surface area contributed by atoms with Crippen molar-refractivity contribution >= 4 is 41.2 Å². The minimum Gasteiger partial charge on any atom is -0.489 e. The van der Waals surface area contributed by atoms with Gasteiger partial charge in [0.1, 0.15) is 18.1 Å². The fourth-order valence-electron chi connectivity index (χ4n) is 3.46. The van der Waals surface area contributed by atoms with E-state index in [0.717, 1.165) is 28.2 Å². The quantitative estimate of drug-likeness (QED) is 0.412. The Hall–Kier alpha value is -3.22. The highest BCUT2D eigenvalue weighted by Crippen LogP contribution is 2.26. The summed E-state index contributed by atoms with van der Waals surface area (Å²) in [5.41, 5.74) is 4.83. The second-order valence-corrected chi connectivity index (χ2v) is 7.99. The Kier molecular flexibility index (Phi) is 5.76. The maximum atomic E-state index is 11.8. The molecule has 1 saturated heterocycles. The van der Waals surface area contributed by atoms with Crippen molar-refractivity contribution in [1.29, 1.82) is 0 Å². The Morgan fingerprint density at radius 3 is 2.39 bits per heavy atom. The predicted molar refractivity (Wildman–Crippen MR) is 121 cm³/mol. The Labute approximate surface area is 189 Å². The maximum Gasteiger partial charge on any atom is 0.326 e. The molecular formula is C23H19Cl2N3O3. The molecule has 1 aliphatic heterocycles. The molecule has 3 aromatic rings. The summed E-state index contributed by atoms with van der Waals surface area (Å²) in [6, 6.07) is 14.5. The average Bonchev–Trinajstić information content (AvgIpc) is 3.19. The van der Waals surface area contributed by atoms with Crippen LogP contribution >= 0.6 is 23.2 Å². The number of nitrogens with one attached hydrogen (secondary N) is 2. The molecule has 0 unspecified atom stereocenters. The van der Waals surface area contributed by atoms with Gasteiger partial charge in [0.2, 0.25) is 0 Å². The molecule has 158 valence electrons. The first kappa shape index (κ1) is 21.0. The summed E-state index contributed by atoms with van der Waals surface area (Å²) in [4.78, 5) is 23.1. The fourth-order valence-corrected chi connectivity index (χ4v) is 3.92. The average molecular weight is 456 g/mol. The van der Waals surface area contributed by atoms with Gasteiger partial charge in [0.15, 0.2) is 0 Å². The summed E-state index contributed by atoms with van der Waals surface area (Å²) in [5.74, 6) is 0.280. The normalized spacial score (nSPS) is 14.6. The van der Waals surface area contributed by atoms with Gasteiger partial charge in [0, 0.05) is 32.7 Å². The Morgan fingerprint density at radius 2 is 1.74 bits per heavy atom. The number of aryl methyl sites for hydroxylation is 1. The summed E-state index contributed by atoms with van der Waals surface area (Å²) in [5, 5.41) is 5.86. The van der Waals surface area contributed by atoms with E-state index >= 15 is 0 Å². The first-order chi connectivity index (χ1) is 14.8. The molecule has 6 nitrogen and oxygen atoms in total. The first-order valence-corrected chi connectivity index (χ1v) is 10.3. The van der Waals surface area contributed by atoms with Crippen LogP contribution in [0.3, 0.4) is 0 Å². The minimum absolute atomic E-state index is 0.231. The van der Waals surface area contributed by atoms with Crippen molar-refractivity contribution in [2.45, 2.75) is 20.5 Å². The Bertz CT molecular complexity index is 1210. The highest BCUT2D eigenvalue weighted by atomic mass is 35.5.